The molecule has 0 saturated carbocycles. The molecule has 0 spiro atoms. The zero-order valence-corrected chi connectivity index (χ0v) is 8.69. The molecule has 1 aliphatic heterocycles. The summed E-state index contributed by atoms with van der Waals surface area (Å²) in [6, 6.07) is 6.04. The number of carboxylic acids is 1. The number of carboxylic acid groups (broad SMARTS) is 1. The maximum atomic E-state index is 10.6. The molecule has 80 valence electrons. The molecule has 1 aliphatic rings. The van der Waals surface area contributed by atoms with E-state index in [0.29, 0.717) is 6.61 Å². The fraction of sp³-hybridized carbons (Fsp3) is 0.417. The van der Waals surface area contributed by atoms with Gasteiger partial charge in [-0.05, 0) is 25.0 Å². The summed E-state index contributed by atoms with van der Waals surface area (Å²) in [5.41, 5.74) is 2.32. The zero-order valence-electron chi connectivity index (χ0n) is 8.69. The predicted octanol–water partition coefficient (Wildman–Crippen LogP) is 2.02. The van der Waals surface area contributed by atoms with Gasteiger partial charge in [-0.15, -0.1) is 0 Å². The van der Waals surface area contributed by atoms with Crippen LogP contribution in [0.15, 0.2) is 18.2 Å². The van der Waals surface area contributed by atoms with Gasteiger partial charge in [0.1, 0.15) is 5.75 Å². The van der Waals surface area contributed by atoms with E-state index in [0.717, 1.165) is 17.7 Å². The highest BCUT2D eigenvalue weighted by molar-refractivity contribution is 5.67. The van der Waals surface area contributed by atoms with Gasteiger partial charge in [0.2, 0.25) is 0 Å². The molecule has 15 heavy (non-hydrogen) atoms. The van der Waals surface area contributed by atoms with E-state index in [-0.39, 0.29) is 12.3 Å². The highest BCUT2D eigenvalue weighted by Gasteiger charge is 2.21. The number of benzene rings is 1. The number of fused-ring (bicyclic) bond motifs is 1. The summed E-state index contributed by atoms with van der Waals surface area (Å²) < 4.78 is 5.53. The Balaban J connectivity index is 2.14. The predicted molar refractivity (Wildman–Crippen MR) is 56.1 cm³/mol. The minimum atomic E-state index is -0.750. The molecular weight excluding hydrogens is 192 g/mol. The van der Waals surface area contributed by atoms with Crippen LogP contribution in [-0.2, 0) is 11.2 Å². The van der Waals surface area contributed by atoms with Crippen LogP contribution in [0, 0.1) is 12.8 Å². The summed E-state index contributed by atoms with van der Waals surface area (Å²) >= 11 is 0. The van der Waals surface area contributed by atoms with Gasteiger partial charge in [0.05, 0.1) is 13.0 Å². The van der Waals surface area contributed by atoms with Crippen molar-refractivity contribution in [1.82, 2.24) is 0 Å². The van der Waals surface area contributed by atoms with E-state index in [1.54, 1.807) is 0 Å². The first-order valence-electron chi connectivity index (χ1n) is 5.09. The molecule has 2 rings (SSSR count). The van der Waals surface area contributed by atoms with E-state index in [9.17, 15) is 4.79 Å². The molecule has 1 N–H and O–H groups in total. The van der Waals surface area contributed by atoms with Gasteiger partial charge in [0.25, 0.3) is 0 Å². The Kier molecular flexibility index (Phi) is 2.62. The van der Waals surface area contributed by atoms with Gasteiger partial charge in [-0.3, -0.25) is 4.79 Å². The largest absolute Gasteiger partial charge is 0.493 e. The van der Waals surface area contributed by atoms with Crippen molar-refractivity contribution in [2.24, 2.45) is 5.92 Å². The first kappa shape index (κ1) is 10.0. The lowest BCUT2D eigenvalue weighted by molar-refractivity contribution is -0.138. The Bertz CT molecular complexity index is 384. The average molecular weight is 206 g/mol. The Morgan fingerprint density at radius 2 is 2.40 bits per heavy atom. The minimum absolute atomic E-state index is 0.108. The number of ether oxygens (including phenoxy) is 1. The third-order valence-electron chi connectivity index (χ3n) is 2.66. The van der Waals surface area contributed by atoms with Crippen LogP contribution in [0.5, 0.6) is 5.75 Å². The van der Waals surface area contributed by atoms with Crippen LogP contribution in [0.1, 0.15) is 17.5 Å². The quantitative estimate of drug-likeness (QED) is 0.805. The topological polar surface area (TPSA) is 46.5 Å². The molecule has 0 aliphatic carbocycles. The van der Waals surface area contributed by atoms with Crippen LogP contribution in [0.2, 0.25) is 0 Å². The normalized spacial score (nSPS) is 19.1. The van der Waals surface area contributed by atoms with Crippen LogP contribution >= 0.6 is 0 Å². The molecule has 0 bridgehead atoms. The lowest BCUT2D eigenvalue weighted by atomic mass is 9.93. The van der Waals surface area contributed by atoms with Gasteiger partial charge in [0, 0.05) is 5.92 Å². The number of rotatable bonds is 2. The third kappa shape index (κ3) is 2.29. The number of aryl methyl sites for hydroxylation is 1. The fourth-order valence-electron chi connectivity index (χ4n) is 1.96. The second-order valence-electron chi connectivity index (χ2n) is 4.09. The van der Waals surface area contributed by atoms with Crippen LogP contribution in [0.3, 0.4) is 0 Å². The Morgan fingerprint density at radius 3 is 3.13 bits per heavy atom. The first-order chi connectivity index (χ1) is 7.15. The van der Waals surface area contributed by atoms with E-state index < -0.39 is 5.97 Å². The van der Waals surface area contributed by atoms with E-state index in [1.807, 2.05) is 19.1 Å². The molecule has 3 heteroatoms. The monoisotopic (exact) mass is 206 g/mol. The molecule has 0 saturated heterocycles. The van der Waals surface area contributed by atoms with Crippen molar-refractivity contribution in [3.8, 4) is 5.75 Å². The van der Waals surface area contributed by atoms with Crippen molar-refractivity contribution in [1.29, 1.82) is 0 Å². The first-order valence-corrected chi connectivity index (χ1v) is 5.09. The summed E-state index contributed by atoms with van der Waals surface area (Å²) in [4.78, 5) is 10.6. The van der Waals surface area contributed by atoms with Gasteiger partial charge in [-0.1, -0.05) is 17.7 Å². The van der Waals surface area contributed by atoms with Gasteiger partial charge in [-0.2, -0.15) is 0 Å². The molecule has 1 aromatic rings. The maximum absolute atomic E-state index is 10.6. The second kappa shape index (κ2) is 3.93. The van der Waals surface area contributed by atoms with E-state index in [2.05, 4.69) is 6.07 Å². The Morgan fingerprint density at radius 1 is 1.60 bits per heavy atom. The molecule has 0 fully saturated rings. The van der Waals surface area contributed by atoms with Gasteiger partial charge in [0.15, 0.2) is 0 Å². The molecule has 1 heterocycles. The SMILES string of the molecule is Cc1ccc2c(c1)CC(CC(=O)O)CO2. The maximum Gasteiger partial charge on any atom is 0.303 e. The van der Waals surface area contributed by atoms with Crippen molar-refractivity contribution in [3.63, 3.8) is 0 Å². The van der Waals surface area contributed by atoms with Crippen LogP contribution < -0.4 is 4.74 Å². The van der Waals surface area contributed by atoms with Crippen molar-refractivity contribution < 1.29 is 14.6 Å². The summed E-state index contributed by atoms with van der Waals surface area (Å²) in [6.07, 6.45) is 0.997. The van der Waals surface area contributed by atoms with Crippen molar-refractivity contribution in [3.05, 3.63) is 29.3 Å². The molecule has 1 atom stereocenters. The van der Waals surface area contributed by atoms with Crippen LogP contribution in [-0.4, -0.2) is 17.7 Å². The summed E-state index contributed by atoms with van der Waals surface area (Å²) in [6.45, 7) is 2.55. The molecule has 0 aromatic heterocycles. The van der Waals surface area contributed by atoms with Gasteiger partial charge < -0.3 is 9.84 Å². The number of hydrogen-bond donors (Lipinski definition) is 1. The van der Waals surface area contributed by atoms with Crippen LogP contribution in [0.25, 0.3) is 0 Å². The smallest absolute Gasteiger partial charge is 0.303 e. The highest BCUT2D eigenvalue weighted by Crippen LogP contribution is 2.29. The lowest BCUT2D eigenvalue weighted by Gasteiger charge is -2.24. The van der Waals surface area contributed by atoms with E-state index in [1.165, 1.54) is 5.56 Å². The summed E-state index contributed by atoms with van der Waals surface area (Å²) in [5, 5.41) is 8.71. The molecule has 0 radical (unpaired) electrons. The fourth-order valence-corrected chi connectivity index (χ4v) is 1.96. The number of aliphatic carboxylic acids is 1. The zero-order chi connectivity index (χ0) is 10.8. The highest BCUT2D eigenvalue weighted by atomic mass is 16.5. The molecule has 1 aromatic carbocycles. The van der Waals surface area contributed by atoms with Crippen molar-refractivity contribution in [2.75, 3.05) is 6.61 Å². The van der Waals surface area contributed by atoms with Crippen molar-refractivity contribution in [2.45, 2.75) is 19.8 Å². The van der Waals surface area contributed by atoms with Gasteiger partial charge in [-0.25, -0.2) is 0 Å². The molecule has 3 nitrogen and oxygen atoms in total. The molecule has 1 unspecified atom stereocenters. The number of carbonyl (C=O) groups is 1. The minimum Gasteiger partial charge on any atom is -0.493 e. The van der Waals surface area contributed by atoms with Crippen LogP contribution in [0.4, 0.5) is 0 Å². The number of hydrogen-bond acceptors (Lipinski definition) is 2. The van der Waals surface area contributed by atoms with Gasteiger partial charge >= 0.3 is 5.97 Å². The molecular formula is C12H14O3. The average Bonchev–Trinajstić information content (AvgIpc) is 2.16. The van der Waals surface area contributed by atoms with Crippen molar-refractivity contribution >= 4 is 5.97 Å². The van der Waals surface area contributed by atoms with E-state index >= 15 is 0 Å². The Hall–Kier alpha value is -1.51. The lowest BCUT2D eigenvalue weighted by Crippen LogP contribution is -2.23. The second-order valence-corrected chi connectivity index (χ2v) is 4.09. The summed E-state index contributed by atoms with van der Waals surface area (Å²) in [7, 11) is 0. The Labute approximate surface area is 88.7 Å². The molecule has 0 amide bonds. The standard InChI is InChI=1S/C12H14O3/c1-8-2-3-11-10(4-8)5-9(7-15-11)6-12(13)14/h2-4,9H,5-7H2,1H3,(H,13,14). The third-order valence-corrected chi connectivity index (χ3v) is 2.66. The van der Waals surface area contributed by atoms with E-state index in [4.69, 9.17) is 9.84 Å². The summed E-state index contributed by atoms with van der Waals surface area (Å²) in [5.74, 6) is 0.263.